The van der Waals surface area contributed by atoms with Crippen molar-refractivity contribution < 1.29 is 26.4 Å². The highest BCUT2D eigenvalue weighted by atomic mass is 32.2. The summed E-state index contributed by atoms with van der Waals surface area (Å²) in [7, 11) is -3.55. The zero-order valence-electron chi connectivity index (χ0n) is 17.0. The van der Waals surface area contributed by atoms with Gasteiger partial charge in [0.2, 0.25) is 15.9 Å². The molecule has 0 spiro atoms. The lowest BCUT2D eigenvalue weighted by Crippen LogP contribution is -2.37. The highest BCUT2D eigenvalue weighted by molar-refractivity contribution is 7.99. The lowest BCUT2D eigenvalue weighted by molar-refractivity contribution is -0.141. The predicted octanol–water partition coefficient (Wildman–Crippen LogP) is 3.35. The lowest BCUT2D eigenvalue weighted by atomic mass is 10.0. The van der Waals surface area contributed by atoms with Gasteiger partial charge in [0.25, 0.3) is 0 Å². The molecule has 1 amide bonds. The number of halogens is 3. The Balaban J connectivity index is 1.49. The molecule has 172 valence electrons. The third kappa shape index (κ3) is 4.76. The third-order valence-corrected chi connectivity index (χ3v) is 8.16. The molecular weight excluding hydrogens is 465 g/mol. The van der Waals surface area contributed by atoms with Gasteiger partial charge in [-0.25, -0.2) is 18.4 Å². The second-order valence-electron chi connectivity index (χ2n) is 7.56. The zero-order valence-corrected chi connectivity index (χ0v) is 18.6. The van der Waals surface area contributed by atoms with Gasteiger partial charge in [0.1, 0.15) is 5.69 Å². The molecule has 12 heteroatoms. The van der Waals surface area contributed by atoms with Crippen molar-refractivity contribution in [2.75, 3.05) is 30.3 Å². The van der Waals surface area contributed by atoms with Crippen molar-refractivity contribution in [3.63, 3.8) is 0 Å². The quantitative estimate of drug-likeness (QED) is 0.476. The maximum absolute atomic E-state index is 12.8. The topological polar surface area (TPSA) is 83.5 Å². The first-order chi connectivity index (χ1) is 15.2. The third-order valence-electron chi connectivity index (χ3n) is 5.42. The van der Waals surface area contributed by atoms with Crippen LogP contribution in [0.4, 0.5) is 18.9 Å². The standard InChI is InChI=1S/C20H21F3N4O3S2/c21-20(22,23)17-7-8-24-19(25-17)31-13-18(28)27-11-3-4-14-12-15(5-6-16(14)27)32(29,30)26-9-1-2-10-26/h5-8,12H,1-4,9-11,13H2. The van der Waals surface area contributed by atoms with Crippen molar-refractivity contribution in [3.05, 3.63) is 41.7 Å². The fraction of sp³-hybridized carbons (Fsp3) is 0.450. The molecule has 0 N–H and O–H groups in total. The molecular formula is C20H21F3N4O3S2. The average molecular weight is 487 g/mol. The smallest absolute Gasteiger partial charge is 0.311 e. The molecule has 7 nitrogen and oxygen atoms in total. The summed E-state index contributed by atoms with van der Waals surface area (Å²) in [4.78, 5) is 21.8. The van der Waals surface area contributed by atoms with Gasteiger partial charge in [-0.15, -0.1) is 0 Å². The monoisotopic (exact) mass is 486 g/mol. The van der Waals surface area contributed by atoms with E-state index in [0.29, 0.717) is 38.2 Å². The van der Waals surface area contributed by atoms with Crippen molar-refractivity contribution >= 4 is 33.4 Å². The summed E-state index contributed by atoms with van der Waals surface area (Å²) < 4.78 is 65.6. The summed E-state index contributed by atoms with van der Waals surface area (Å²) in [5.41, 5.74) is 0.342. The minimum Gasteiger partial charge on any atom is -0.311 e. The number of hydrogen-bond donors (Lipinski definition) is 0. The average Bonchev–Trinajstić information content (AvgIpc) is 3.32. The van der Waals surface area contributed by atoms with Crippen molar-refractivity contribution in [3.8, 4) is 0 Å². The molecule has 2 aliphatic rings. The van der Waals surface area contributed by atoms with E-state index in [1.165, 1.54) is 10.4 Å². The number of sulfonamides is 1. The summed E-state index contributed by atoms with van der Waals surface area (Å²) in [6.07, 6.45) is -0.565. The molecule has 0 radical (unpaired) electrons. The van der Waals surface area contributed by atoms with E-state index in [1.807, 2.05) is 0 Å². The van der Waals surface area contributed by atoms with Crippen LogP contribution in [0, 0.1) is 0 Å². The van der Waals surface area contributed by atoms with E-state index in [0.717, 1.165) is 42.4 Å². The second kappa shape index (κ2) is 8.99. The van der Waals surface area contributed by atoms with E-state index >= 15 is 0 Å². The van der Waals surface area contributed by atoms with Gasteiger partial charge in [-0.05, 0) is 55.5 Å². The highest BCUT2D eigenvalue weighted by Crippen LogP contribution is 2.32. The molecule has 0 saturated carbocycles. The predicted molar refractivity (Wildman–Crippen MR) is 113 cm³/mol. The van der Waals surface area contributed by atoms with Gasteiger partial charge in [0.05, 0.1) is 10.6 Å². The second-order valence-corrected chi connectivity index (χ2v) is 10.4. The number of fused-ring (bicyclic) bond motifs is 1. The first-order valence-electron chi connectivity index (χ1n) is 10.1. The van der Waals surface area contributed by atoms with Crippen LogP contribution >= 0.6 is 11.8 Å². The van der Waals surface area contributed by atoms with Gasteiger partial charge >= 0.3 is 6.18 Å². The van der Waals surface area contributed by atoms with E-state index in [1.54, 1.807) is 17.0 Å². The van der Waals surface area contributed by atoms with Crippen molar-refractivity contribution in [1.29, 1.82) is 0 Å². The number of carbonyl (C=O) groups is 1. The number of hydrogen-bond acceptors (Lipinski definition) is 6. The van der Waals surface area contributed by atoms with Gasteiger partial charge in [-0.1, -0.05) is 11.8 Å². The first-order valence-corrected chi connectivity index (χ1v) is 12.6. The molecule has 32 heavy (non-hydrogen) atoms. The van der Waals surface area contributed by atoms with Crippen LogP contribution < -0.4 is 4.90 Å². The molecule has 0 bridgehead atoms. The molecule has 0 aliphatic carbocycles. The van der Waals surface area contributed by atoms with Crippen LogP contribution in [-0.2, 0) is 27.4 Å². The van der Waals surface area contributed by atoms with Gasteiger partial charge in [0.15, 0.2) is 5.16 Å². The van der Waals surface area contributed by atoms with E-state index in [4.69, 9.17) is 0 Å². The Morgan fingerprint density at radius 2 is 1.84 bits per heavy atom. The van der Waals surface area contributed by atoms with Crippen LogP contribution in [0.15, 0.2) is 40.5 Å². The van der Waals surface area contributed by atoms with E-state index < -0.39 is 21.9 Å². The molecule has 1 aromatic heterocycles. The van der Waals surface area contributed by atoms with E-state index in [-0.39, 0.29) is 21.7 Å². The number of rotatable bonds is 5. The molecule has 0 atom stereocenters. The Hall–Kier alpha value is -2.18. The largest absolute Gasteiger partial charge is 0.433 e. The number of thioether (sulfide) groups is 1. The van der Waals surface area contributed by atoms with Crippen LogP contribution in [0.3, 0.4) is 0 Å². The molecule has 0 unspecified atom stereocenters. The van der Waals surface area contributed by atoms with Crippen LogP contribution in [0.1, 0.15) is 30.5 Å². The summed E-state index contributed by atoms with van der Waals surface area (Å²) in [6.45, 7) is 1.48. The first kappa shape index (κ1) is 23.0. The number of carbonyl (C=O) groups excluding carboxylic acids is 1. The number of aromatic nitrogens is 2. The lowest BCUT2D eigenvalue weighted by Gasteiger charge is -2.30. The maximum Gasteiger partial charge on any atom is 0.433 e. The molecule has 1 aromatic carbocycles. The highest BCUT2D eigenvalue weighted by Gasteiger charge is 2.33. The fourth-order valence-corrected chi connectivity index (χ4v) is 6.12. The summed E-state index contributed by atoms with van der Waals surface area (Å²) in [5, 5.41) is -0.127. The molecule has 4 rings (SSSR count). The van der Waals surface area contributed by atoms with Gasteiger partial charge in [-0.3, -0.25) is 4.79 Å². The Bertz CT molecular complexity index is 1120. The molecule has 2 aromatic rings. The maximum atomic E-state index is 12.8. The van der Waals surface area contributed by atoms with E-state index in [9.17, 15) is 26.4 Å². The van der Waals surface area contributed by atoms with Crippen LogP contribution in [0.25, 0.3) is 0 Å². The van der Waals surface area contributed by atoms with Gasteiger partial charge in [0, 0.05) is 31.5 Å². The SMILES string of the molecule is O=C(CSc1nccc(C(F)(F)F)n1)N1CCCc2cc(S(=O)(=O)N3CCCC3)ccc21. The van der Waals surface area contributed by atoms with Crippen molar-refractivity contribution in [1.82, 2.24) is 14.3 Å². The fourth-order valence-electron chi connectivity index (χ4n) is 3.84. The van der Waals surface area contributed by atoms with Gasteiger partial charge < -0.3 is 4.90 Å². The van der Waals surface area contributed by atoms with Crippen molar-refractivity contribution in [2.24, 2.45) is 0 Å². The van der Waals surface area contributed by atoms with E-state index in [2.05, 4.69) is 9.97 Å². The normalized spacial score (nSPS) is 17.4. The number of alkyl halides is 3. The summed E-state index contributed by atoms with van der Waals surface area (Å²) >= 11 is 0.835. The van der Waals surface area contributed by atoms with Crippen molar-refractivity contribution in [2.45, 2.75) is 41.9 Å². The number of benzene rings is 1. The molecule has 2 aliphatic heterocycles. The molecule has 3 heterocycles. The number of amides is 1. The number of aryl methyl sites for hydroxylation is 1. The zero-order chi connectivity index (χ0) is 22.9. The Labute approximate surface area is 188 Å². The molecule has 1 saturated heterocycles. The summed E-state index contributed by atoms with van der Waals surface area (Å²) in [6, 6.07) is 5.56. The number of nitrogens with zero attached hydrogens (tertiary/aromatic N) is 4. The van der Waals surface area contributed by atoms with Crippen LogP contribution in [0.5, 0.6) is 0 Å². The number of anilines is 1. The summed E-state index contributed by atoms with van der Waals surface area (Å²) in [5.74, 6) is -0.429. The molecule has 1 fully saturated rings. The van der Waals surface area contributed by atoms with Crippen LogP contribution in [-0.4, -0.2) is 54.0 Å². The Morgan fingerprint density at radius 3 is 2.56 bits per heavy atom. The van der Waals surface area contributed by atoms with Crippen LogP contribution in [0.2, 0.25) is 0 Å². The minimum absolute atomic E-state index is 0.127. The Morgan fingerprint density at radius 1 is 1.09 bits per heavy atom. The van der Waals surface area contributed by atoms with Gasteiger partial charge in [-0.2, -0.15) is 17.5 Å². The minimum atomic E-state index is -4.58. The Kier molecular flexibility index (Phi) is 6.46.